The number of nitrogens with one attached hydrogen (secondary N) is 1. The number of rotatable bonds is 4. The maximum Gasteiger partial charge on any atom is 0.330 e. The summed E-state index contributed by atoms with van der Waals surface area (Å²) in [5.41, 5.74) is 6.46. The summed E-state index contributed by atoms with van der Waals surface area (Å²) >= 11 is 2.81. The molecule has 1 aliphatic rings. The number of aryl methyl sites for hydroxylation is 1. The van der Waals surface area contributed by atoms with E-state index in [0.29, 0.717) is 28.1 Å². The van der Waals surface area contributed by atoms with Crippen molar-refractivity contribution in [2.45, 2.75) is 24.0 Å². The van der Waals surface area contributed by atoms with Crippen LogP contribution in [0.2, 0.25) is 0 Å². The number of hydrogen-bond acceptors (Lipinski definition) is 7. The second-order valence-electron chi connectivity index (χ2n) is 8.06. The SMILES string of the molecule is Cc1nc(N2CCCCN(c3ccc(-c4cccc5ncsc45)cc3)C2=O)sc1[S@](C)(=N)=O. The van der Waals surface area contributed by atoms with E-state index < -0.39 is 9.73 Å². The molecule has 4 aromatic rings. The summed E-state index contributed by atoms with van der Waals surface area (Å²) in [6.45, 7) is 2.92. The molecule has 2 aromatic heterocycles. The number of carbonyl (C=O) groups is 1. The minimum atomic E-state index is -2.89. The van der Waals surface area contributed by atoms with Crippen LogP contribution < -0.4 is 9.80 Å². The van der Waals surface area contributed by atoms with Crippen LogP contribution in [-0.4, -0.2) is 39.6 Å². The van der Waals surface area contributed by atoms with Gasteiger partial charge in [0.05, 0.1) is 31.2 Å². The van der Waals surface area contributed by atoms with Crippen molar-refractivity contribution in [3.8, 4) is 11.1 Å². The third-order valence-corrected chi connectivity index (χ3v) is 9.71. The molecule has 1 aliphatic heterocycles. The first-order valence-corrected chi connectivity index (χ1v) is 14.2. The van der Waals surface area contributed by atoms with E-state index in [1.165, 1.54) is 17.6 Å². The minimum absolute atomic E-state index is 0.141. The number of nitrogens with zero attached hydrogens (tertiary/aromatic N) is 4. The van der Waals surface area contributed by atoms with Gasteiger partial charge in [0.1, 0.15) is 4.21 Å². The molecule has 1 N–H and O–H groups in total. The van der Waals surface area contributed by atoms with Gasteiger partial charge in [0.2, 0.25) is 0 Å². The quantitative estimate of drug-likeness (QED) is 0.375. The van der Waals surface area contributed by atoms with Gasteiger partial charge in [-0.25, -0.2) is 23.8 Å². The lowest BCUT2D eigenvalue weighted by Gasteiger charge is -2.26. The zero-order valence-corrected chi connectivity index (χ0v) is 20.7. The third kappa shape index (κ3) is 4.14. The molecule has 0 unspecified atom stereocenters. The zero-order valence-electron chi connectivity index (χ0n) is 18.3. The molecular weight excluding hydrogens is 474 g/mol. The molecule has 1 atom stereocenters. The monoisotopic (exact) mass is 497 g/mol. The molecule has 0 aliphatic carbocycles. The first-order chi connectivity index (χ1) is 15.8. The summed E-state index contributed by atoms with van der Waals surface area (Å²) in [7, 11) is -2.89. The summed E-state index contributed by atoms with van der Waals surface area (Å²) < 4.78 is 21.8. The molecular formula is C23H23N5O2S3. The molecule has 7 nitrogen and oxygen atoms in total. The number of aromatic nitrogens is 2. The van der Waals surface area contributed by atoms with E-state index in [4.69, 9.17) is 4.78 Å². The van der Waals surface area contributed by atoms with Crippen LogP contribution >= 0.6 is 22.7 Å². The molecule has 1 fully saturated rings. The Kier molecular flexibility index (Phi) is 5.67. The van der Waals surface area contributed by atoms with Crippen molar-refractivity contribution >= 4 is 59.5 Å². The van der Waals surface area contributed by atoms with Crippen LogP contribution in [0.15, 0.2) is 52.2 Å². The maximum absolute atomic E-state index is 13.5. The van der Waals surface area contributed by atoms with Gasteiger partial charge in [0.25, 0.3) is 0 Å². The van der Waals surface area contributed by atoms with Crippen LogP contribution in [0.3, 0.4) is 0 Å². The van der Waals surface area contributed by atoms with Crippen LogP contribution in [0.25, 0.3) is 21.3 Å². The highest BCUT2D eigenvalue weighted by Gasteiger charge is 2.29. The first-order valence-electron chi connectivity index (χ1n) is 10.6. The lowest BCUT2D eigenvalue weighted by atomic mass is 10.0. The van der Waals surface area contributed by atoms with Crippen LogP contribution in [0.5, 0.6) is 0 Å². The molecule has 10 heteroatoms. The highest BCUT2D eigenvalue weighted by molar-refractivity contribution is 7.93. The number of benzene rings is 2. The normalized spacial score (nSPS) is 16.7. The van der Waals surface area contributed by atoms with Crippen molar-refractivity contribution < 1.29 is 9.00 Å². The number of carbonyl (C=O) groups excluding carboxylic acids is 1. The van der Waals surface area contributed by atoms with Gasteiger partial charge in [0.15, 0.2) is 5.13 Å². The number of hydrogen-bond donors (Lipinski definition) is 1. The third-order valence-electron chi connectivity index (χ3n) is 5.65. The number of fused-ring (bicyclic) bond motifs is 1. The molecule has 0 radical (unpaired) electrons. The van der Waals surface area contributed by atoms with E-state index in [9.17, 15) is 9.00 Å². The zero-order chi connectivity index (χ0) is 23.2. The van der Waals surface area contributed by atoms with Crippen molar-refractivity contribution in [1.29, 1.82) is 4.78 Å². The van der Waals surface area contributed by atoms with Crippen LogP contribution in [0, 0.1) is 11.7 Å². The standard InChI is InChI=1S/C23H23N5O2S3/c1-15-21(33(2,24)30)32-22(26-15)28-13-4-3-12-27(23(28)29)17-10-8-16(9-11-17)18-6-5-7-19-20(18)31-14-25-19/h5-11,14,24H,3-4,12-13H2,1-2H3/t33-/m1/s1. The number of amides is 2. The fourth-order valence-electron chi connectivity index (χ4n) is 4.07. The Hall–Kier alpha value is -2.82. The van der Waals surface area contributed by atoms with Crippen molar-refractivity contribution in [1.82, 2.24) is 9.97 Å². The maximum atomic E-state index is 13.5. The van der Waals surface area contributed by atoms with Gasteiger partial charge < -0.3 is 0 Å². The predicted molar refractivity (Wildman–Crippen MR) is 136 cm³/mol. The highest BCUT2D eigenvalue weighted by Crippen LogP contribution is 2.34. The van der Waals surface area contributed by atoms with E-state index in [-0.39, 0.29) is 6.03 Å². The second kappa shape index (κ2) is 8.51. The largest absolute Gasteiger partial charge is 0.330 e. The molecule has 2 amide bonds. The second-order valence-corrected chi connectivity index (χ2v) is 12.2. The minimum Gasteiger partial charge on any atom is -0.294 e. The van der Waals surface area contributed by atoms with Crippen LogP contribution in [0.4, 0.5) is 15.6 Å². The van der Waals surface area contributed by atoms with Crippen molar-refractivity contribution in [3.05, 3.63) is 53.7 Å². The average molecular weight is 498 g/mol. The topological polar surface area (TPSA) is 90.2 Å². The van der Waals surface area contributed by atoms with Crippen molar-refractivity contribution in [2.75, 3.05) is 29.1 Å². The highest BCUT2D eigenvalue weighted by atomic mass is 32.2. The fraction of sp³-hybridized carbons (Fsp3) is 0.261. The molecule has 3 heterocycles. The average Bonchev–Trinajstić information content (AvgIpc) is 3.38. The van der Waals surface area contributed by atoms with Gasteiger partial charge in [-0.1, -0.05) is 35.6 Å². The lowest BCUT2D eigenvalue weighted by Crippen LogP contribution is -2.42. The summed E-state index contributed by atoms with van der Waals surface area (Å²) in [5, 5.41) is 0.509. The molecule has 0 spiro atoms. The Bertz CT molecular complexity index is 1440. The Morgan fingerprint density at radius 1 is 1.06 bits per heavy atom. The van der Waals surface area contributed by atoms with Gasteiger partial charge in [-0.05, 0) is 43.5 Å². The predicted octanol–water partition coefficient (Wildman–Crippen LogP) is 5.99. The van der Waals surface area contributed by atoms with Crippen LogP contribution in [0.1, 0.15) is 18.5 Å². The molecule has 0 saturated carbocycles. The summed E-state index contributed by atoms with van der Waals surface area (Å²) in [4.78, 5) is 25.8. The molecule has 0 bridgehead atoms. The van der Waals surface area contributed by atoms with E-state index >= 15 is 0 Å². The van der Waals surface area contributed by atoms with E-state index in [0.717, 1.165) is 39.9 Å². The number of urea groups is 1. The van der Waals surface area contributed by atoms with Gasteiger partial charge in [-0.3, -0.25) is 9.80 Å². The molecule has 1 saturated heterocycles. The summed E-state index contributed by atoms with van der Waals surface area (Å²) in [5.74, 6) is 0. The summed E-state index contributed by atoms with van der Waals surface area (Å²) in [6.07, 6.45) is 3.12. The molecule has 170 valence electrons. The van der Waals surface area contributed by atoms with Crippen molar-refractivity contribution in [2.24, 2.45) is 0 Å². The van der Waals surface area contributed by atoms with E-state index in [2.05, 4.69) is 16.0 Å². The van der Waals surface area contributed by atoms with Crippen molar-refractivity contribution in [3.63, 3.8) is 0 Å². The Morgan fingerprint density at radius 3 is 2.48 bits per heavy atom. The Morgan fingerprint density at radius 2 is 1.79 bits per heavy atom. The van der Waals surface area contributed by atoms with Gasteiger partial charge in [-0.2, -0.15) is 0 Å². The number of anilines is 2. The summed E-state index contributed by atoms with van der Waals surface area (Å²) in [6, 6.07) is 14.0. The van der Waals surface area contributed by atoms with Gasteiger partial charge >= 0.3 is 6.03 Å². The molecule has 5 rings (SSSR count). The molecule has 2 aromatic carbocycles. The van der Waals surface area contributed by atoms with Gasteiger partial charge in [-0.15, -0.1) is 11.3 Å². The van der Waals surface area contributed by atoms with Crippen LogP contribution in [-0.2, 0) is 9.73 Å². The fourth-order valence-corrected chi connectivity index (χ4v) is 7.19. The Labute approximate surface area is 200 Å². The number of thiazole rings is 2. The lowest BCUT2D eigenvalue weighted by molar-refractivity contribution is 0.252. The van der Waals surface area contributed by atoms with Gasteiger partial charge in [0, 0.05) is 30.6 Å². The molecule has 33 heavy (non-hydrogen) atoms. The smallest absolute Gasteiger partial charge is 0.294 e. The Balaban J connectivity index is 1.45. The first kappa shape index (κ1) is 22.0. The van der Waals surface area contributed by atoms with E-state index in [1.807, 2.05) is 41.9 Å². The van der Waals surface area contributed by atoms with E-state index in [1.54, 1.807) is 28.1 Å².